The third kappa shape index (κ3) is 2.69. The number of amides is 2. The summed E-state index contributed by atoms with van der Waals surface area (Å²) in [5, 5.41) is 2.40. The van der Waals surface area contributed by atoms with Crippen LogP contribution in [0.2, 0.25) is 0 Å². The highest BCUT2D eigenvalue weighted by Gasteiger charge is 2.27. The summed E-state index contributed by atoms with van der Waals surface area (Å²) in [5.74, 6) is 5.09. The zero-order chi connectivity index (χ0) is 13.0. The minimum atomic E-state index is -0.773. The molecule has 2 rings (SSSR count). The zero-order valence-electron chi connectivity index (χ0n) is 9.51. The van der Waals surface area contributed by atoms with Crippen LogP contribution < -0.4 is 26.1 Å². The molecule has 1 aromatic carbocycles. The molecule has 0 radical (unpaired) electrons. The molecule has 7 nitrogen and oxygen atoms in total. The summed E-state index contributed by atoms with van der Waals surface area (Å²) < 4.78 is 10.8. The van der Waals surface area contributed by atoms with E-state index in [1.165, 1.54) is 0 Å². The second-order valence-corrected chi connectivity index (χ2v) is 3.65. The molecule has 0 unspecified atom stereocenters. The number of rotatable bonds is 3. The van der Waals surface area contributed by atoms with Gasteiger partial charge in [-0.1, -0.05) is 12.1 Å². The number of nitrogens with one attached hydrogen (secondary N) is 2. The lowest BCUT2D eigenvalue weighted by molar-refractivity contribution is -0.132. The van der Waals surface area contributed by atoms with Crippen molar-refractivity contribution in [2.75, 3.05) is 13.2 Å². The first kappa shape index (κ1) is 12.2. The third-order valence-electron chi connectivity index (χ3n) is 2.39. The van der Waals surface area contributed by atoms with E-state index in [0.717, 1.165) is 0 Å². The quantitative estimate of drug-likeness (QED) is 0.361. The summed E-state index contributed by atoms with van der Waals surface area (Å²) in [6.07, 6.45) is -0.773. The molecule has 0 bridgehead atoms. The molecule has 2 amide bonds. The maximum Gasteiger partial charge on any atom is 0.265 e. The average Bonchev–Trinajstić information content (AvgIpc) is 2.43. The number of benzene rings is 1. The summed E-state index contributed by atoms with van der Waals surface area (Å²) >= 11 is 0. The van der Waals surface area contributed by atoms with Gasteiger partial charge in [-0.15, -0.1) is 0 Å². The van der Waals surface area contributed by atoms with E-state index in [4.69, 9.17) is 15.3 Å². The zero-order valence-corrected chi connectivity index (χ0v) is 9.51. The molecule has 1 atom stereocenters. The summed E-state index contributed by atoms with van der Waals surface area (Å²) in [5.41, 5.74) is 1.91. The van der Waals surface area contributed by atoms with Crippen LogP contribution in [0.3, 0.4) is 0 Å². The Labute approximate surface area is 103 Å². The lowest BCUT2D eigenvalue weighted by atomic mass is 10.2. The monoisotopic (exact) mass is 251 g/mol. The molecule has 1 aliphatic rings. The van der Waals surface area contributed by atoms with Gasteiger partial charge in [0.25, 0.3) is 11.8 Å². The van der Waals surface area contributed by atoms with Gasteiger partial charge in [-0.3, -0.25) is 15.0 Å². The van der Waals surface area contributed by atoms with Crippen molar-refractivity contribution in [3.8, 4) is 11.5 Å². The van der Waals surface area contributed by atoms with Gasteiger partial charge in [0.15, 0.2) is 11.5 Å². The molecule has 7 heteroatoms. The van der Waals surface area contributed by atoms with Crippen LogP contribution in [-0.2, 0) is 9.59 Å². The van der Waals surface area contributed by atoms with Crippen LogP contribution in [-0.4, -0.2) is 31.1 Å². The lowest BCUT2D eigenvalue weighted by Crippen LogP contribution is -2.47. The normalized spacial score (nSPS) is 16.8. The van der Waals surface area contributed by atoms with Gasteiger partial charge in [-0.25, -0.2) is 5.84 Å². The molecule has 1 heterocycles. The molecular formula is C11H13N3O4. The van der Waals surface area contributed by atoms with Crippen LogP contribution in [0.25, 0.3) is 0 Å². The van der Waals surface area contributed by atoms with E-state index >= 15 is 0 Å². The Balaban J connectivity index is 1.92. The van der Waals surface area contributed by atoms with E-state index in [9.17, 15) is 9.59 Å². The summed E-state index contributed by atoms with van der Waals surface area (Å²) in [6, 6.07) is 7.06. The van der Waals surface area contributed by atoms with Gasteiger partial charge >= 0.3 is 0 Å². The summed E-state index contributed by atoms with van der Waals surface area (Å²) in [6.45, 7) is -0.0933. The first-order chi connectivity index (χ1) is 8.70. The van der Waals surface area contributed by atoms with Crippen LogP contribution in [0.1, 0.15) is 0 Å². The first-order valence-corrected chi connectivity index (χ1v) is 5.36. The number of nitrogens with two attached hydrogens (primary N) is 1. The van der Waals surface area contributed by atoms with Gasteiger partial charge in [0, 0.05) is 0 Å². The number of ether oxygens (including phenoxy) is 2. The molecule has 0 spiro atoms. The van der Waals surface area contributed by atoms with E-state index in [1.54, 1.807) is 18.2 Å². The van der Waals surface area contributed by atoms with Crippen molar-refractivity contribution in [2.24, 2.45) is 5.84 Å². The van der Waals surface area contributed by atoms with E-state index < -0.39 is 17.9 Å². The minimum absolute atomic E-state index is 0.104. The highest BCUT2D eigenvalue weighted by Crippen LogP contribution is 2.30. The van der Waals surface area contributed by atoms with Crippen molar-refractivity contribution in [2.45, 2.75) is 6.10 Å². The van der Waals surface area contributed by atoms with Gasteiger partial charge in [0.05, 0.1) is 6.54 Å². The Kier molecular flexibility index (Phi) is 3.63. The number of hydrazine groups is 1. The largest absolute Gasteiger partial charge is 0.485 e. The standard InChI is InChI=1S/C11H13N3O4/c12-14-10(15)5-13-11(16)9-6-17-7-3-1-2-4-8(7)18-9/h1-4,9H,5-6,12H2,(H,13,16)(H,14,15)/t9-/m0/s1. The van der Waals surface area contributed by atoms with Crippen molar-refractivity contribution < 1.29 is 19.1 Å². The maximum absolute atomic E-state index is 11.7. The molecule has 0 saturated heterocycles. The maximum atomic E-state index is 11.7. The fourth-order valence-corrected chi connectivity index (χ4v) is 1.48. The highest BCUT2D eigenvalue weighted by molar-refractivity contribution is 5.87. The van der Waals surface area contributed by atoms with Gasteiger partial charge in [0.2, 0.25) is 6.10 Å². The lowest BCUT2D eigenvalue weighted by Gasteiger charge is -2.25. The Bertz CT molecular complexity index is 463. The predicted octanol–water partition coefficient (Wildman–Crippen LogP) is -1.07. The molecule has 18 heavy (non-hydrogen) atoms. The number of carbonyl (C=O) groups excluding carboxylic acids is 2. The fraction of sp³-hybridized carbons (Fsp3) is 0.273. The number of para-hydroxylation sites is 2. The molecule has 4 N–H and O–H groups in total. The van der Waals surface area contributed by atoms with Crippen molar-refractivity contribution in [1.82, 2.24) is 10.7 Å². The molecule has 0 fully saturated rings. The van der Waals surface area contributed by atoms with E-state index in [-0.39, 0.29) is 13.2 Å². The Morgan fingerprint density at radius 3 is 2.78 bits per heavy atom. The van der Waals surface area contributed by atoms with Crippen LogP contribution in [0.5, 0.6) is 11.5 Å². The van der Waals surface area contributed by atoms with Gasteiger partial charge < -0.3 is 14.8 Å². The van der Waals surface area contributed by atoms with Gasteiger partial charge in [-0.2, -0.15) is 0 Å². The molecule has 96 valence electrons. The van der Waals surface area contributed by atoms with Gasteiger partial charge in [-0.05, 0) is 12.1 Å². The van der Waals surface area contributed by atoms with E-state index in [0.29, 0.717) is 11.5 Å². The number of carbonyl (C=O) groups is 2. The second-order valence-electron chi connectivity index (χ2n) is 3.65. The molecule has 1 aliphatic heterocycles. The molecule has 0 aromatic heterocycles. The summed E-state index contributed by atoms with van der Waals surface area (Å²) in [7, 11) is 0. The van der Waals surface area contributed by atoms with Crippen molar-refractivity contribution >= 4 is 11.8 Å². The van der Waals surface area contributed by atoms with Crippen LogP contribution >= 0.6 is 0 Å². The number of hydrogen-bond donors (Lipinski definition) is 3. The first-order valence-electron chi connectivity index (χ1n) is 5.36. The van der Waals surface area contributed by atoms with Crippen LogP contribution in [0, 0.1) is 0 Å². The SMILES string of the molecule is NNC(=O)CNC(=O)[C@@H]1COc2ccccc2O1. The Morgan fingerprint density at radius 1 is 1.33 bits per heavy atom. The predicted molar refractivity (Wildman–Crippen MR) is 61.7 cm³/mol. The molecule has 0 saturated carbocycles. The van der Waals surface area contributed by atoms with Gasteiger partial charge in [0.1, 0.15) is 6.61 Å². The smallest absolute Gasteiger partial charge is 0.265 e. The van der Waals surface area contributed by atoms with Crippen LogP contribution in [0.4, 0.5) is 0 Å². The molecular weight excluding hydrogens is 238 g/mol. The van der Waals surface area contributed by atoms with Crippen molar-refractivity contribution in [3.05, 3.63) is 24.3 Å². The topological polar surface area (TPSA) is 103 Å². The number of hydrogen-bond acceptors (Lipinski definition) is 5. The Hall–Kier alpha value is -2.28. The molecule has 1 aromatic rings. The van der Waals surface area contributed by atoms with E-state index in [2.05, 4.69) is 5.32 Å². The van der Waals surface area contributed by atoms with E-state index in [1.807, 2.05) is 11.5 Å². The third-order valence-corrected chi connectivity index (χ3v) is 2.39. The van der Waals surface area contributed by atoms with Crippen molar-refractivity contribution in [1.29, 1.82) is 0 Å². The van der Waals surface area contributed by atoms with Crippen LogP contribution in [0.15, 0.2) is 24.3 Å². The highest BCUT2D eigenvalue weighted by atomic mass is 16.6. The average molecular weight is 251 g/mol. The Morgan fingerprint density at radius 2 is 2.06 bits per heavy atom. The molecule has 0 aliphatic carbocycles. The summed E-state index contributed by atoms with van der Waals surface area (Å²) in [4.78, 5) is 22.6. The number of fused-ring (bicyclic) bond motifs is 1. The second kappa shape index (κ2) is 5.37. The van der Waals surface area contributed by atoms with Crippen molar-refractivity contribution in [3.63, 3.8) is 0 Å². The fourth-order valence-electron chi connectivity index (χ4n) is 1.48. The minimum Gasteiger partial charge on any atom is -0.485 e.